The number of halogens is 1. The number of nitrogens with one attached hydrogen (secondary N) is 1. The molecule has 0 aliphatic rings. The first-order chi connectivity index (χ1) is 8.88. The molecule has 0 spiro atoms. The van der Waals surface area contributed by atoms with E-state index < -0.39 is 14.9 Å². The third-order valence-electron chi connectivity index (χ3n) is 2.23. The second-order valence-corrected chi connectivity index (χ2v) is 6.74. The Balaban J connectivity index is 2.94. The predicted molar refractivity (Wildman–Crippen MR) is 76.3 cm³/mol. The van der Waals surface area contributed by atoms with Crippen LogP contribution in [0.1, 0.15) is 6.42 Å². The van der Waals surface area contributed by atoms with Crippen LogP contribution in [0.3, 0.4) is 0 Å². The van der Waals surface area contributed by atoms with Gasteiger partial charge in [0, 0.05) is 18.7 Å². The summed E-state index contributed by atoms with van der Waals surface area (Å²) in [4.78, 5) is 9.70. The number of rotatable bonds is 7. The molecule has 0 heterocycles. The quantitative estimate of drug-likeness (QED) is 0.472. The second-order valence-electron chi connectivity index (χ2n) is 3.62. The molecule has 19 heavy (non-hydrogen) atoms. The maximum Gasteiger partial charge on any atom is 0.270 e. The Morgan fingerprint density at radius 3 is 2.74 bits per heavy atom. The molecule has 0 unspecified atom stereocenters. The van der Waals surface area contributed by atoms with Crippen molar-refractivity contribution >= 4 is 39.1 Å². The molecule has 0 radical (unpaired) electrons. The molecule has 106 valence electrons. The lowest BCUT2D eigenvalue weighted by Gasteiger charge is -2.07. The van der Waals surface area contributed by atoms with Crippen LogP contribution in [0.4, 0.5) is 5.69 Å². The van der Waals surface area contributed by atoms with Gasteiger partial charge in [-0.1, -0.05) is 11.6 Å². The molecule has 0 bridgehead atoms. The van der Waals surface area contributed by atoms with Gasteiger partial charge in [0.2, 0.25) is 10.0 Å². The first kappa shape index (κ1) is 16.2. The van der Waals surface area contributed by atoms with Crippen LogP contribution in [0.2, 0.25) is 5.02 Å². The van der Waals surface area contributed by atoms with Crippen molar-refractivity contribution in [2.24, 2.45) is 0 Å². The van der Waals surface area contributed by atoms with Gasteiger partial charge in [0.25, 0.3) is 5.69 Å². The van der Waals surface area contributed by atoms with Gasteiger partial charge in [0.15, 0.2) is 0 Å². The van der Waals surface area contributed by atoms with Crippen LogP contribution in [0.15, 0.2) is 23.1 Å². The maximum atomic E-state index is 12.0. The van der Waals surface area contributed by atoms with E-state index >= 15 is 0 Å². The molecule has 1 aromatic rings. The van der Waals surface area contributed by atoms with Gasteiger partial charge in [-0.25, -0.2) is 13.1 Å². The summed E-state index contributed by atoms with van der Waals surface area (Å²) >= 11 is 7.39. The van der Waals surface area contributed by atoms with Crippen molar-refractivity contribution in [2.45, 2.75) is 11.3 Å². The molecular formula is C10H13ClN2O4S2. The van der Waals surface area contributed by atoms with Crippen molar-refractivity contribution in [3.8, 4) is 0 Å². The minimum Gasteiger partial charge on any atom is -0.258 e. The normalized spacial score (nSPS) is 11.5. The van der Waals surface area contributed by atoms with Crippen LogP contribution in [0.5, 0.6) is 0 Å². The summed E-state index contributed by atoms with van der Waals surface area (Å²) in [6.07, 6.45) is 2.60. The molecule has 0 amide bonds. The summed E-state index contributed by atoms with van der Waals surface area (Å²) in [7, 11) is -3.82. The van der Waals surface area contributed by atoms with E-state index in [-0.39, 0.29) is 22.2 Å². The highest BCUT2D eigenvalue weighted by molar-refractivity contribution is 7.98. The smallest absolute Gasteiger partial charge is 0.258 e. The van der Waals surface area contributed by atoms with Crippen LogP contribution >= 0.6 is 23.4 Å². The number of thioether (sulfide) groups is 1. The number of nitro groups is 1. The Bertz CT molecular complexity index is 563. The van der Waals surface area contributed by atoms with Crippen molar-refractivity contribution < 1.29 is 13.3 Å². The van der Waals surface area contributed by atoms with Crippen molar-refractivity contribution in [2.75, 3.05) is 18.6 Å². The zero-order chi connectivity index (χ0) is 14.5. The van der Waals surface area contributed by atoms with E-state index in [9.17, 15) is 18.5 Å². The topological polar surface area (TPSA) is 89.3 Å². The fourth-order valence-corrected chi connectivity index (χ4v) is 3.34. The predicted octanol–water partition coefficient (Wildman–Crippen LogP) is 2.28. The summed E-state index contributed by atoms with van der Waals surface area (Å²) in [6, 6.07) is 3.32. The molecule has 0 atom stereocenters. The first-order valence-electron chi connectivity index (χ1n) is 5.31. The summed E-state index contributed by atoms with van der Waals surface area (Å²) in [5, 5.41) is 10.6. The highest BCUT2D eigenvalue weighted by Crippen LogP contribution is 2.25. The monoisotopic (exact) mass is 324 g/mol. The highest BCUT2D eigenvalue weighted by Gasteiger charge is 2.20. The Hall–Kier alpha value is -0.830. The van der Waals surface area contributed by atoms with Crippen LogP contribution in [-0.2, 0) is 10.0 Å². The fourth-order valence-electron chi connectivity index (χ4n) is 1.31. The lowest BCUT2D eigenvalue weighted by atomic mass is 10.3. The number of sulfonamides is 1. The van der Waals surface area contributed by atoms with Crippen LogP contribution in [-0.4, -0.2) is 31.9 Å². The van der Waals surface area contributed by atoms with Gasteiger partial charge in [0.1, 0.15) is 4.90 Å². The van der Waals surface area contributed by atoms with Crippen molar-refractivity contribution in [1.29, 1.82) is 0 Å². The number of nitrogens with zero attached hydrogens (tertiary/aromatic N) is 1. The average molecular weight is 325 g/mol. The molecule has 0 fully saturated rings. The lowest BCUT2D eigenvalue weighted by Crippen LogP contribution is -2.25. The van der Waals surface area contributed by atoms with E-state index in [1.165, 1.54) is 6.07 Å². The van der Waals surface area contributed by atoms with Gasteiger partial charge in [-0.15, -0.1) is 0 Å². The third-order valence-corrected chi connectivity index (χ3v) is 4.87. The van der Waals surface area contributed by atoms with Gasteiger partial charge in [0.05, 0.1) is 9.95 Å². The molecule has 0 saturated heterocycles. The summed E-state index contributed by atoms with van der Waals surface area (Å²) in [5.74, 6) is 0.825. The Morgan fingerprint density at radius 1 is 1.47 bits per heavy atom. The van der Waals surface area contributed by atoms with Crippen molar-refractivity contribution in [3.05, 3.63) is 33.3 Å². The molecule has 9 heteroatoms. The number of non-ortho nitro benzene ring substituents is 1. The van der Waals surface area contributed by atoms with Crippen molar-refractivity contribution in [1.82, 2.24) is 4.72 Å². The number of hydrogen-bond acceptors (Lipinski definition) is 5. The number of benzene rings is 1. The molecule has 0 saturated carbocycles. The Kier molecular flexibility index (Phi) is 6.05. The molecule has 1 rings (SSSR count). The average Bonchev–Trinajstić information content (AvgIpc) is 2.34. The van der Waals surface area contributed by atoms with Crippen LogP contribution in [0, 0.1) is 10.1 Å². The summed E-state index contributed by atoms with van der Waals surface area (Å²) in [5.41, 5.74) is -0.311. The Morgan fingerprint density at radius 2 is 2.16 bits per heavy atom. The maximum absolute atomic E-state index is 12.0. The van der Waals surface area contributed by atoms with Crippen LogP contribution in [0.25, 0.3) is 0 Å². The second kappa shape index (κ2) is 7.09. The third kappa shape index (κ3) is 4.64. The Labute approximate surface area is 120 Å². The van der Waals surface area contributed by atoms with Crippen molar-refractivity contribution in [3.63, 3.8) is 0 Å². The van der Waals surface area contributed by atoms with E-state index in [2.05, 4.69) is 4.72 Å². The molecule has 0 aliphatic carbocycles. The van der Waals surface area contributed by atoms with E-state index in [0.717, 1.165) is 17.9 Å². The standard InChI is InChI=1S/C10H13ClN2O4S2/c1-18-6-2-5-12-19(16,17)10-7-8(13(14)15)3-4-9(10)11/h3-4,7,12H,2,5-6H2,1H3. The molecule has 6 nitrogen and oxygen atoms in total. The molecule has 1 aromatic carbocycles. The summed E-state index contributed by atoms with van der Waals surface area (Å²) < 4.78 is 26.3. The van der Waals surface area contributed by atoms with E-state index in [1.54, 1.807) is 11.8 Å². The molecule has 0 aromatic heterocycles. The molecule has 0 aliphatic heterocycles. The lowest BCUT2D eigenvalue weighted by molar-refractivity contribution is -0.385. The van der Waals surface area contributed by atoms with Gasteiger partial charge >= 0.3 is 0 Å². The first-order valence-corrected chi connectivity index (χ1v) is 8.56. The summed E-state index contributed by atoms with van der Waals surface area (Å²) in [6.45, 7) is 0.266. The van der Waals surface area contributed by atoms with Gasteiger partial charge in [-0.3, -0.25) is 10.1 Å². The largest absolute Gasteiger partial charge is 0.270 e. The minimum atomic E-state index is -3.82. The number of nitro benzene ring substituents is 1. The van der Waals surface area contributed by atoms with Gasteiger partial charge in [-0.2, -0.15) is 11.8 Å². The molecular weight excluding hydrogens is 312 g/mol. The SMILES string of the molecule is CSCCCNS(=O)(=O)c1cc([N+](=O)[O-])ccc1Cl. The van der Waals surface area contributed by atoms with E-state index in [0.29, 0.717) is 6.42 Å². The van der Waals surface area contributed by atoms with Gasteiger partial charge in [-0.05, 0) is 24.5 Å². The zero-order valence-corrected chi connectivity index (χ0v) is 12.5. The van der Waals surface area contributed by atoms with E-state index in [4.69, 9.17) is 11.6 Å². The molecule has 1 N–H and O–H groups in total. The van der Waals surface area contributed by atoms with Crippen LogP contribution < -0.4 is 4.72 Å². The minimum absolute atomic E-state index is 0.0389. The number of hydrogen-bond donors (Lipinski definition) is 1. The van der Waals surface area contributed by atoms with Gasteiger partial charge < -0.3 is 0 Å². The zero-order valence-electron chi connectivity index (χ0n) is 10.1. The highest BCUT2D eigenvalue weighted by atomic mass is 35.5. The fraction of sp³-hybridized carbons (Fsp3) is 0.400. The van der Waals surface area contributed by atoms with E-state index in [1.807, 2.05) is 6.26 Å².